The van der Waals surface area contributed by atoms with Crippen molar-refractivity contribution in [2.75, 3.05) is 14.2 Å². The van der Waals surface area contributed by atoms with Gasteiger partial charge in [0, 0.05) is 0 Å². The van der Waals surface area contributed by atoms with Crippen LogP contribution in [0.3, 0.4) is 0 Å². The molecule has 0 aromatic heterocycles. The third-order valence-electron chi connectivity index (χ3n) is 6.00. The van der Waals surface area contributed by atoms with E-state index in [4.69, 9.17) is 14.2 Å². The fraction of sp³-hybridized carbons (Fsp3) is 0.600. The number of ether oxygens (including phenoxy) is 5. The molecule has 2 bridgehead atoms. The molecule has 13 heteroatoms. The summed E-state index contributed by atoms with van der Waals surface area (Å²) in [6, 6.07) is 2.19. The van der Waals surface area contributed by atoms with Gasteiger partial charge in [-0.2, -0.15) is 4.31 Å². The molecule has 182 valence electrons. The smallest absolute Gasteiger partial charge is 0.368 e. The molecule has 0 amide bonds. The highest BCUT2D eigenvalue weighted by Crippen LogP contribution is 2.54. The van der Waals surface area contributed by atoms with E-state index in [2.05, 4.69) is 9.47 Å². The van der Waals surface area contributed by atoms with Crippen molar-refractivity contribution in [1.82, 2.24) is 4.31 Å². The Hall–Kier alpha value is -2.13. The Morgan fingerprint density at radius 1 is 0.939 bits per heavy atom. The number of hydrogen-bond acceptors (Lipinski definition) is 11. The Morgan fingerprint density at radius 2 is 1.36 bits per heavy atom. The number of hydrogen-bond donors (Lipinski definition) is 2. The number of morpholine rings is 1. The third-order valence-corrected chi connectivity index (χ3v) is 7.88. The van der Waals surface area contributed by atoms with Gasteiger partial charge in [0.1, 0.15) is 24.3 Å². The molecule has 3 fully saturated rings. The van der Waals surface area contributed by atoms with Crippen molar-refractivity contribution in [1.29, 1.82) is 0 Å². The second-order valence-corrected chi connectivity index (χ2v) is 10.4. The van der Waals surface area contributed by atoms with Crippen LogP contribution >= 0.6 is 0 Å². The lowest BCUT2D eigenvalue weighted by Gasteiger charge is -2.49. The molecule has 0 unspecified atom stereocenters. The molecular weight excluding hydrogens is 462 g/mol. The minimum Gasteiger partial charge on any atom is -0.465 e. The quantitative estimate of drug-likeness (QED) is 0.502. The molecule has 2 N–H and O–H groups in total. The van der Waals surface area contributed by atoms with Gasteiger partial charge in [0.25, 0.3) is 11.6 Å². The Kier molecular flexibility index (Phi) is 5.41. The van der Waals surface area contributed by atoms with Crippen LogP contribution in [0.25, 0.3) is 0 Å². The van der Waals surface area contributed by atoms with Crippen molar-refractivity contribution < 1.29 is 51.9 Å². The second-order valence-electron chi connectivity index (χ2n) is 8.58. The molecule has 12 nitrogen and oxygen atoms in total. The van der Waals surface area contributed by atoms with Crippen LogP contribution in [-0.2, 0) is 43.3 Å². The number of aliphatic hydroxyl groups is 2. The van der Waals surface area contributed by atoms with E-state index in [0.29, 0.717) is 4.31 Å². The van der Waals surface area contributed by atoms with E-state index in [1.54, 1.807) is 19.1 Å². The summed E-state index contributed by atoms with van der Waals surface area (Å²) < 4.78 is 54.3. The molecule has 33 heavy (non-hydrogen) atoms. The SMILES string of the molecule is COC(=O)[C@]1(O)O[C@](O)(C(=O)OC)[C@@H]2[C@H]3OC(C)(C)O[C@H]3[C@H]1N2S(=O)(=O)c1ccc(C)cc1. The van der Waals surface area contributed by atoms with Gasteiger partial charge < -0.3 is 29.2 Å². The highest BCUT2D eigenvalue weighted by atomic mass is 32.2. The van der Waals surface area contributed by atoms with Gasteiger partial charge in [-0.25, -0.2) is 18.0 Å². The predicted octanol–water partition coefficient (Wildman–Crippen LogP) is -0.990. The topological polar surface area (TPSA) is 158 Å². The normalized spacial score (nSPS) is 37.4. The zero-order chi connectivity index (χ0) is 24.6. The molecule has 0 aliphatic carbocycles. The highest BCUT2D eigenvalue weighted by Gasteiger charge is 2.80. The summed E-state index contributed by atoms with van der Waals surface area (Å²) in [5.74, 6) is -10.5. The van der Waals surface area contributed by atoms with Crippen molar-refractivity contribution in [3.05, 3.63) is 29.8 Å². The zero-order valence-corrected chi connectivity index (χ0v) is 19.4. The summed E-state index contributed by atoms with van der Waals surface area (Å²) >= 11 is 0. The van der Waals surface area contributed by atoms with Gasteiger partial charge in [-0.05, 0) is 32.9 Å². The largest absolute Gasteiger partial charge is 0.465 e. The number of sulfonamides is 1. The first-order valence-corrected chi connectivity index (χ1v) is 11.4. The maximum atomic E-state index is 13.8. The van der Waals surface area contributed by atoms with E-state index in [0.717, 1.165) is 19.8 Å². The maximum absolute atomic E-state index is 13.8. The summed E-state index contributed by atoms with van der Waals surface area (Å²) in [7, 11) is -2.71. The molecule has 3 heterocycles. The van der Waals surface area contributed by atoms with Crippen LogP contribution in [0, 0.1) is 6.92 Å². The molecule has 3 aliphatic heterocycles. The first-order chi connectivity index (χ1) is 15.2. The zero-order valence-electron chi connectivity index (χ0n) is 18.5. The number of esters is 2. The number of carbonyl (C=O) groups is 2. The molecule has 3 aliphatic rings. The fourth-order valence-corrected chi connectivity index (χ4v) is 6.51. The standard InChI is InChI=1S/C20H25NO11S/c1-10-6-8-11(9-7-10)33(26,27)21-14-12-13(31-18(2,3)30-12)15(21)20(25,17(23)29-5)32-19(14,24)16(22)28-4/h6-9,12-15,24-25H,1-5H3/t12-,13+,14-,15+,19-,20+. The van der Waals surface area contributed by atoms with Crippen LogP contribution in [-0.4, -0.2) is 90.7 Å². The summed E-state index contributed by atoms with van der Waals surface area (Å²) in [6.45, 7) is 4.80. The van der Waals surface area contributed by atoms with E-state index >= 15 is 0 Å². The Balaban J connectivity index is 1.99. The van der Waals surface area contributed by atoms with Gasteiger partial charge in [-0.15, -0.1) is 0 Å². The van der Waals surface area contributed by atoms with Gasteiger partial charge in [-0.1, -0.05) is 17.7 Å². The number of benzene rings is 1. The number of methoxy groups -OCH3 is 2. The summed E-state index contributed by atoms with van der Waals surface area (Å²) in [4.78, 5) is 25.2. The lowest BCUT2D eigenvalue weighted by atomic mass is 10.0. The average molecular weight is 487 g/mol. The van der Waals surface area contributed by atoms with Crippen LogP contribution in [0.1, 0.15) is 19.4 Å². The van der Waals surface area contributed by atoms with E-state index < -0.39 is 63.6 Å². The molecule has 0 spiro atoms. The Labute approximate surface area is 190 Å². The molecule has 0 radical (unpaired) electrons. The van der Waals surface area contributed by atoms with Gasteiger partial charge in [-0.3, -0.25) is 4.74 Å². The molecule has 3 saturated heterocycles. The van der Waals surface area contributed by atoms with Crippen molar-refractivity contribution in [2.24, 2.45) is 0 Å². The van der Waals surface area contributed by atoms with Gasteiger partial charge >= 0.3 is 11.9 Å². The minimum atomic E-state index is -4.56. The maximum Gasteiger partial charge on any atom is 0.368 e. The van der Waals surface area contributed by atoms with Gasteiger partial charge in [0.2, 0.25) is 10.0 Å². The van der Waals surface area contributed by atoms with Crippen molar-refractivity contribution in [2.45, 2.75) is 67.3 Å². The first kappa shape index (κ1) is 24.0. The summed E-state index contributed by atoms with van der Waals surface area (Å²) in [5.41, 5.74) is 0.779. The number of aryl methyl sites for hydroxylation is 1. The van der Waals surface area contributed by atoms with Crippen molar-refractivity contribution in [3.63, 3.8) is 0 Å². The lowest BCUT2D eigenvalue weighted by Crippen LogP contribution is -2.75. The summed E-state index contributed by atoms with van der Waals surface area (Å²) in [6.07, 6.45) is -2.62. The molecule has 1 aromatic carbocycles. The van der Waals surface area contributed by atoms with Crippen LogP contribution in [0.5, 0.6) is 0 Å². The van der Waals surface area contributed by atoms with Crippen molar-refractivity contribution in [3.8, 4) is 0 Å². The van der Waals surface area contributed by atoms with Crippen LogP contribution in [0.15, 0.2) is 29.2 Å². The van der Waals surface area contributed by atoms with E-state index in [9.17, 15) is 28.2 Å². The lowest BCUT2D eigenvalue weighted by molar-refractivity contribution is -0.371. The summed E-state index contributed by atoms with van der Waals surface area (Å²) in [5, 5.41) is 22.7. The van der Waals surface area contributed by atoms with Gasteiger partial charge in [0.15, 0.2) is 5.79 Å². The molecule has 4 rings (SSSR count). The van der Waals surface area contributed by atoms with E-state index in [1.165, 1.54) is 26.0 Å². The number of nitrogens with zero attached hydrogens (tertiary/aromatic N) is 1. The van der Waals surface area contributed by atoms with Gasteiger partial charge in [0.05, 0.1) is 19.1 Å². The van der Waals surface area contributed by atoms with E-state index in [-0.39, 0.29) is 4.90 Å². The Morgan fingerprint density at radius 3 is 1.76 bits per heavy atom. The highest BCUT2D eigenvalue weighted by molar-refractivity contribution is 7.89. The van der Waals surface area contributed by atoms with Crippen LogP contribution in [0.4, 0.5) is 0 Å². The molecule has 0 saturated carbocycles. The number of carbonyl (C=O) groups excluding carboxylic acids is 2. The number of fused-ring (bicyclic) bond motifs is 5. The Bertz CT molecular complexity index is 1040. The molecule has 6 atom stereocenters. The third kappa shape index (κ3) is 3.30. The van der Waals surface area contributed by atoms with E-state index in [1.807, 2.05) is 0 Å². The van der Waals surface area contributed by atoms with Crippen LogP contribution in [0.2, 0.25) is 0 Å². The predicted molar refractivity (Wildman–Crippen MR) is 107 cm³/mol. The average Bonchev–Trinajstić information content (AvgIpc) is 3.20. The number of rotatable bonds is 4. The monoisotopic (exact) mass is 487 g/mol. The minimum absolute atomic E-state index is 0.219. The molecular formula is C20H25NO11S. The fourth-order valence-electron chi connectivity index (χ4n) is 4.66. The van der Waals surface area contributed by atoms with Crippen molar-refractivity contribution >= 4 is 22.0 Å². The molecule has 1 aromatic rings. The van der Waals surface area contributed by atoms with Crippen LogP contribution < -0.4 is 0 Å². The first-order valence-electron chi connectivity index (χ1n) is 10.0. The second kappa shape index (κ2) is 7.43.